The van der Waals surface area contributed by atoms with Gasteiger partial charge in [-0.1, -0.05) is 38.1 Å². The highest BCUT2D eigenvalue weighted by molar-refractivity contribution is 5.97. The number of halogens is 1. The van der Waals surface area contributed by atoms with Crippen molar-refractivity contribution >= 4 is 17.0 Å². The average molecular weight is 367 g/mol. The summed E-state index contributed by atoms with van der Waals surface area (Å²) in [7, 11) is 0. The van der Waals surface area contributed by atoms with Crippen molar-refractivity contribution in [1.82, 2.24) is 15.5 Å². The molecule has 1 N–H and O–H groups in total. The molecule has 1 aliphatic rings. The van der Waals surface area contributed by atoms with E-state index in [1.807, 2.05) is 6.07 Å². The van der Waals surface area contributed by atoms with Crippen LogP contribution in [0, 0.1) is 11.2 Å². The fourth-order valence-electron chi connectivity index (χ4n) is 3.35. The van der Waals surface area contributed by atoms with Crippen LogP contribution in [0.1, 0.15) is 54.7 Å². The monoisotopic (exact) mass is 367 g/mol. The summed E-state index contributed by atoms with van der Waals surface area (Å²) >= 11 is 0. The molecule has 0 saturated heterocycles. The molecule has 2 aromatic heterocycles. The van der Waals surface area contributed by atoms with Crippen molar-refractivity contribution in [3.8, 4) is 0 Å². The van der Waals surface area contributed by atoms with Crippen LogP contribution >= 0.6 is 0 Å². The van der Waals surface area contributed by atoms with Crippen molar-refractivity contribution in [1.29, 1.82) is 0 Å². The van der Waals surface area contributed by atoms with Crippen LogP contribution in [0.3, 0.4) is 0 Å². The summed E-state index contributed by atoms with van der Waals surface area (Å²) in [6, 6.07) is 8.35. The Bertz CT molecular complexity index is 1010. The van der Waals surface area contributed by atoms with Gasteiger partial charge in [0.25, 0.3) is 11.6 Å². The number of amides is 1. The van der Waals surface area contributed by atoms with Crippen LogP contribution in [-0.2, 0) is 6.42 Å². The van der Waals surface area contributed by atoms with Crippen molar-refractivity contribution < 1.29 is 13.7 Å². The van der Waals surface area contributed by atoms with Gasteiger partial charge in [-0.15, -0.1) is 0 Å². The van der Waals surface area contributed by atoms with Gasteiger partial charge in [-0.3, -0.25) is 4.79 Å². The Morgan fingerprint density at radius 3 is 2.89 bits per heavy atom. The molecule has 0 bridgehead atoms. The van der Waals surface area contributed by atoms with Gasteiger partial charge in [0, 0.05) is 18.2 Å². The van der Waals surface area contributed by atoms with E-state index < -0.39 is 0 Å². The molecule has 0 spiro atoms. The van der Waals surface area contributed by atoms with E-state index in [1.165, 1.54) is 18.3 Å². The molecule has 2 atom stereocenters. The molecule has 140 valence electrons. The van der Waals surface area contributed by atoms with Crippen molar-refractivity contribution in [2.45, 2.75) is 45.6 Å². The van der Waals surface area contributed by atoms with Crippen molar-refractivity contribution in [3.63, 3.8) is 0 Å². The second-order valence-electron chi connectivity index (χ2n) is 8.42. The number of pyridine rings is 1. The quantitative estimate of drug-likeness (QED) is 0.749. The molecular formula is C21H22FN3O2. The maximum Gasteiger partial charge on any atom is 0.257 e. The number of carbonyl (C=O) groups excluding carboxylic acids is 1. The predicted molar refractivity (Wildman–Crippen MR) is 100.0 cm³/mol. The summed E-state index contributed by atoms with van der Waals surface area (Å²) in [5.41, 5.74) is 2.69. The third-order valence-corrected chi connectivity index (χ3v) is 4.75. The van der Waals surface area contributed by atoms with Crippen LogP contribution in [0.4, 0.5) is 4.39 Å². The summed E-state index contributed by atoms with van der Waals surface area (Å²) in [5.74, 6) is -0.275. The first-order chi connectivity index (χ1) is 12.8. The van der Waals surface area contributed by atoms with Crippen LogP contribution in [0.2, 0.25) is 0 Å². The number of hydrogen-bond acceptors (Lipinski definition) is 4. The van der Waals surface area contributed by atoms with Crippen molar-refractivity contribution in [3.05, 3.63) is 59.2 Å². The van der Waals surface area contributed by atoms with Crippen LogP contribution in [0.25, 0.3) is 11.1 Å². The normalized spacial score (nSPS) is 19.3. The number of rotatable bonds is 4. The molecule has 0 unspecified atom stereocenters. The zero-order valence-electron chi connectivity index (χ0n) is 15.6. The second-order valence-corrected chi connectivity index (χ2v) is 8.42. The summed E-state index contributed by atoms with van der Waals surface area (Å²) in [5, 5.41) is 7.89. The van der Waals surface area contributed by atoms with E-state index in [1.54, 1.807) is 12.1 Å². The molecule has 2 heterocycles. The molecule has 0 radical (unpaired) electrons. The van der Waals surface area contributed by atoms with Gasteiger partial charge in [0.05, 0.1) is 16.6 Å². The van der Waals surface area contributed by atoms with Gasteiger partial charge in [0.15, 0.2) is 0 Å². The number of aromatic nitrogens is 2. The zero-order chi connectivity index (χ0) is 19.2. The van der Waals surface area contributed by atoms with Gasteiger partial charge in [0.2, 0.25) is 0 Å². The van der Waals surface area contributed by atoms with Gasteiger partial charge in [-0.25, -0.2) is 9.37 Å². The number of benzene rings is 1. The van der Waals surface area contributed by atoms with E-state index in [9.17, 15) is 9.18 Å². The molecule has 5 nitrogen and oxygen atoms in total. The molecule has 1 aliphatic carbocycles. The molecule has 1 saturated carbocycles. The second kappa shape index (κ2) is 6.44. The van der Waals surface area contributed by atoms with E-state index in [-0.39, 0.29) is 29.1 Å². The number of fused-ring (bicyclic) bond motifs is 1. The van der Waals surface area contributed by atoms with Gasteiger partial charge in [-0.05, 0) is 42.0 Å². The topological polar surface area (TPSA) is 68.0 Å². The lowest BCUT2D eigenvalue weighted by Crippen LogP contribution is -2.26. The highest BCUT2D eigenvalue weighted by atomic mass is 19.1. The van der Waals surface area contributed by atoms with Crippen molar-refractivity contribution in [2.75, 3.05) is 0 Å². The van der Waals surface area contributed by atoms with Crippen LogP contribution in [0.5, 0.6) is 0 Å². The standard InChI is InChI=1S/C21H22FN3O2/c1-21(2,3)10-18-16-8-13(11-23-20(16)27-25-18)19(26)24-17-9-15(17)12-5-4-6-14(22)7-12/h4-8,11,15,17H,9-10H2,1-3H3,(H,24,26)/t15-,17+/m0/s1. The molecule has 1 aromatic carbocycles. The summed E-state index contributed by atoms with van der Waals surface area (Å²) < 4.78 is 18.7. The first kappa shape index (κ1) is 17.6. The predicted octanol–water partition coefficient (Wildman–Crippen LogP) is 4.24. The smallest absolute Gasteiger partial charge is 0.257 e. The fourth-order valence-corrected chi connectivity index (χ4v) is 3.35. The summed E-state index contributed by atoms with van der Waals surface area (Å²) in [6.07, 6.45) is 3.05. The lowest BCUT2D eigenvalue weighted by Gasteiger charge is -2.15. The lowest BCUT2D eigenvalue weighted by atomic mass is 9.90. The summed E-state index contributed by atoms with van der Waals surface area (Å²) in [6.45, 7) is 6.37. The van der Waals surface area contributed by atoms with E-state index in [0.29, 0.717) is 11.3 Å². The molecule has 1 fully saturated rings. The molecular weight excluding hydrogens is 345 g/mol. The number of nitrogens with zero attached hydrogens (tertiary/aromatic N) is 2. The van der Waals surface area contributed by atoms with Crippen LogP contribution < -0.4 is 5.32 Å². The minimum Gasteiger partial charge on any atom is -0.349 e. The Kier molecular flexibility index (Phi) is 4.21. The van der Waals surface area contributed by atoms with Crippen molar-refractivity contribution in [2.24, 2.45) is 5.41 Å². The Balaban J connectivity index is 1.49. The maximum absolute atomic E-state index is 13.4. The van der Waals surface area contributed by atoms with Crippen LogP contribution in [-0.4, -0.2) is 22.1 Å². The van der Waals surface area contributed by atoms with E-state index in [4.69, 9.17) is 4.52 Å². The summed E-state index contributed by atoms with van der Waals surface area (Å²) in [4.78, 5) is 16.9. The Hall–Kier alpha value is -2.76. The highest BCUT2D eigenvalue weighted by Gasteiger charge is 2.39. The maximum atomic E-state index is 13.4. The molecule has 3 aromatic rings. The first-order valence-corrected chi connectivity index (χ1v) is 9.11. The first-order valence-electron chi connectivity index (χ1n) is 9.11. The minimum absolute atomic E-state index is 0.0199. The van der Waals surface area contributed by atoms with Crippen LogP contribution in [0.15, 0.2) is 41.1 Å². The van der Waals surface area contributed by atoms with E-state index in [0.717, 1.165) is 29.5 Å². The zero-order valence-corrected chi connectivity index (χ0v) is 15.6. The average Bonchev–Trinajstić information content (AvgIpc) is 3.26. The molecule has 0 aliphatic heterocycles. The number of nitrogens with one attached hydrogen (secondary N) is 1. The Morgan fingerprint density at radius 1 is 1.33 bits per heavy atom. The molecule has 27 heavy (non-hydrogen) atoms. The van der Waals surface area contributed by atoms with E-state index in [2.05, 4.69) is 36.2 Å². The van der Waals surface area contributed by atoms with E-state index >= 15 is 0 Å². The molecule has 1 amide bonds. The lowest BCUT2D eigenvalue weighted by molar-refractivity contribution is 0.0950. The van der Waals surface area contributed by atoms with Gasteiger partial charge in [0.1, 0.15) is 5.82 Å². The third-order valence-electron chi connectivity index (χ3n) is 4.75. The SMILES string of the molecule is CC(C)(C)Cc1noc2ncc(C(=O)N[C@@H]3C[C@H]3c3cccc(F)c3)cc12. The Labute approximate surface area is 157 Å². The fraction of sp³-hybridized carbons (Fsp3) is 0.381. The Morgan fingerprint density at radius 2 is 2.15 bits per heavy atom. The molecule has 4 rings (SSSR count). The largest absolute Gasteiger partial charge is 0.349 e. The van der Waals surface area contributed by atoms with Gasteiger partial charge < -0.3 is 9.84 Å². The van der Waals surface area contributed by atoms with Gasteiger partial charge in [-0.2, -0.15) is 0 Å². The third kappa shape index (κ3) is 3.84. The number of carbonyl (C=O) groups is 1. The van der Waals surface area contributed by atoms with Gasteiger partial charge >= 0.3 is 0 Å². The molecule has 6 heteroatoms. The highest BCUT2D eigenvalue weighted by Crippen LogP contribution is 2.41. The minimum atomic E-state index is -0.252. The number of hydrogen-bond donors (Lipinski definition) is 1.